The first-order chi connectivity index (χ1) is 9.22. The highest BCUT2D eigenvalue weighted by Gasteiger charge is 2.16. The summed E-state index contributed by atoms with van der Waals surface area (Å²) in [6, 6.07) is 8.15. The molecular formula is C15H20ClN3. The average Bonchev–Trinajstić information content (AvgIpc) is 2.64. The molecule has 1 heterocycles. The van der Waals surface area contributed by atoms with Crippen molar-refractivity contribution in [3.05, 3.63) is 28.8 Å². The van der Waals surface area contributed by atoms with Gasteiger partial charge in [-0.2, -0.15) is 5.26 Å². The first-order valence-corrected chi connectivity index (χ1v) is 7.29. The van der Waals surface area contributed by atoms with E-state index in [0.717, 1.165) is 25.2 Å². The van der Waals surface area contributed by atoms with Crippen molar-refractivity contribution in [1.82, 2.24) is 4.90 Å². The number of likely N-dealkylation sites (tertiary alicyclic amines) is 1. The van der Waals surface area contributed by atoms with E-state index in [9.17, 15) is 0 Å². The fourth-order valence-corrected chi connectivity index (χ4v) is 2.77. The number of rotatable bonds is 3. The van der Waals surface area contributed by atoms with E-state index in [2.05, 4.69) is 23.2 Å². The van der Waals surface area contributed by atoms with Crippen LogP contribution in [-0.2, 0) is 0 Å². The Morgan fingerprint density at radius 3 is 2.95 bits per heavy atom. The maximum Gasteiger partial charge on any atom is 0.101 e. The predicted molar refractivity (Wildman–Crippen MR) is 79.5 cm³/mol. The lowest BCUT2D eigenvalue weighted by atomic mass is 10.1. The molecule has 2 rings (SSSR count). The van der Waals surface area contributed by atoms with Gasteiger partial charge in [-0.15, -0.1) is 0 Å². The third-order valence-electron chi connectivity index (χ3n) is 3.73. The van der Waals surface area contributed by atoms with Gasteiger partial charge in [0.2, 0.25) is 0 Å². The van der Waals surface area contributed by atoms with Gasteiger partial charge in [0, 0.05) is 18.3 Å². The van der Waals surface area contributed by atoms with Crippen molar-refractivity contribution in [2.24, 2.45) is 0 Å². The molecule has 0 amide bonds. The van der Waals surface area contributed by atoms with Crippen LogP contribution < -0.4 is 5.32 Å². The van der Waals surface area contributed by atoms with Gasteiger partial charge in [-0.05, 0) is 50.6 Å². The van der Waals surface area contributed by atoms with Gasteiger partial charge in [0.15, 0.2) is 0 Å². The molecule has 0 saturated carbocycles. The second kappa shape index (κ2) is 6.79. The van der Waals surface area contributed by atoms with Gasteiger partial charge in [0.25, 0.3) is 0 Å². The van der Waals surface area contributed by atoms with Gasteiger partial charge in [-0.3, -0.25) is 0 Å². The van der Waals surface area contributed by atoms with Crippen LogP contribution in [0.15, 0.2) is 18.2 Å². The van der Waals surface area contributed by atoms with Crippen LogP contribution in [0.25, 0.3) is 0 Å². The number of halogens is 1. The lowest BCUT2D eigenvalue weighted by Crippen LogP contribution is -2.26. The molecule has 0 aromatic heterocycles. The Morgan fingerprint density at radius 2 is 2.26 bits per heavy atom. The number of anilines is 1. The normalized spacial score (nSPS) is 20.6. The molecule has 0 radical (unpaired) electrons. The fourth-order valence-electron chi connectivity index (χ4n) is 2.55. The van der Waals surface area contributed by atoms with Crippen LogP contribution in [0, 0.1) is 11.3 Å². The molecule has 0 aliphatic carbocycles. The minimum Gasteiger partial charge on any atom is -0.382 e. The zero-order valence-electron chi connectivity index (χ0n) is 11.3. The summed E-state index contributed by atoms with van der Waals surface area (Å²) in [6.07, 6.45) is 3.58. The molecule has 1 aliphatic heterocycles. The van der Waals surface area contributed by atoms with Crippen molar-refractivity contribution >= 4 is 17.3 Å². The predicted octanol–water partition coefficient (Wildman–Crippen LogP) is 3.50. The van der Waals surface area contributed by atoms with Crippen LogP contribution >= 0.6 is 11.6 Å². The molecule has 4 heteroatoms. The molecule has 1 aromatic rings. The number of nitrogens with zero attached hydrogens (tertiary/aromatic N) is 2. The van der Waals surface area contributed by atoms with Crippen LogP contribution in [0.2, 0.25) is 5.02 Å². The van der Waals surface area contributed by atoms with Crippen LogP contribution in [0.1, 0.15) is 31.7 Å². The van der Waals surface area contributed by atoms with Gasteiger partial charge in [-0.25, -0.2) is 0 Å². The quantitative estimate of drug-likeness (QED) is 0.919. The van der Waals surface area contributed by atoms with Crippen LogP contribution in [-0.4, -0.2) is 30.6 Å². The fraction of sp³-hybridized carbons (Fsp3) is 0.533. The number of nitriles is 1. The topological polar surface area (TPSA) is 39.1 Å². The summed E-state index contributed by atoms with van der Waals surface area (Å²) in [5.41, 5.74) is 1.55. The van der Waals surface area contributed by atoms with Gasteiger partial charge in [0.05, 0.1) is 10.6 Å². The van der Waals surface area contributed by atoms with E-state index < -0.39 is 0 Å². The Balaban J connectivity index is 1.97. The Morgan fingerprint density at radius 1 is 1.42 bits per heavy atom. The minimum atomic E-state index is 0.501. The summed E-state index contributed by atoms with van der Waals surface area (Å²) < 4.78 is 0. The van der Waals surface area contributed by atoms with Crippen LogP contribution in [0.3, 0.4) is 0 Å². The first kappa shape index (κ1) is 14.2. The molecule has 102 valence electrons. The van der Waals surface area contributed by atoms with Gasteiger partial charge >= 0.3 is 0 Å². The highest BCUT2D eigenvalue weighted by molar-refractivity contribution is 6.32. The lowest BCUT2D eigenvalue weighted by molar-refractivity contribution is 0.300. The van der Waals surface area contributed by atoms with Crippen LogP contribution in [0.5, 0.6) is 0 Å². The first-order valence-electron chi connectivity index (χ1n) is 6.91. The number of nitrogens with one attached hydrogen (secondary N) is 1. The average molecular weight is 278 g/mol. The summed E-state index contributed by atoms with van der Waals surface area (Å²) in [7, 11) is 0. The summed E-state index contributed by atoms with van der Waals surface area (Å²) in [5, 5.41) is 12.9. The van der Waals surface area contributed by atoms with Crippen molar-refractivity contribution < 1.29 is 0 Å². The summed E-state index contributed by atoms with van der Waals surface area (Å²) in [5.74, 6) is 0. The SMILES string of the molecule is CCN1CCCC(Nc2ccc(C#N)c(Cl)c2)CC1. The molecule has 0 spiro atoms. The Bertz CT molecular complexity index is 467. The molecule has 0 bridgehead atoms. The Labute approximate surface area is 120 Å². The smallest absolute Gasteiger partial charge is 0.101 e. The summed E-state index contributed by atoms with van der Waals surface area (Å²) >= 11 is 6.05. The van der Waals surface area contributed by atoms with Crippen molar-refractivity contribution in [2.75, 3.05) is 25.0 Å². The van der Waals surface area contributed by atoms with Gasteiger partial charge in [0.1, 0.15) is 6.07 Å². The summed E-state index contributed by atoms with van der Waals surface area (Å²) in [4.78, 5) is 2.49. The molecule has 1 unspecified atom stereocenters. The van der Waals surface area contributed by atoms with E-state index in [1.165, 1.54) is 19.4 Å². The third kappa shape index (κ3) is 3.86. The van der Waals surface area contributed by atoms with E-state index in [1.54, 1.807) is 6.07 Å². The molecule has 3 nitrogen and oxygen atoms in total. The molecule has 1 N–H and O–H groups in total. The number of hydrogen-bond donors (Lipinski definition) is 1. The Hall–Kier alpha value is -1.24. The lowest BCUT2D eigenvalue weighted by Gasteiger charge is -2.19. The largest absolute Gasteiger partial charge is 0.382 e. The van der Waals surface area contributed by atoms with Crippen LogP contribution in [0.4, 0.5) is 5.69 Å². The second-order valence-corrected chi connectivity index (χ2v) is 5.42. The molecule has 1 atom stereocenters. The highest BCUT2D eigenvalue weighted by atomic mass is 35.5. The standard InChI is InChI=1S/C15H20ClN3/c1-2-19-8-3-4-13(7-9-19)18-14-6-5-12(11-17)15(16)10-14/h5-6,10,13,18H,2-4,7-9H2,1H3. The molecule has 1 fully saturated rings. The molecule has 1 aromatic carbocycles. The molecule has 1 saturated heterocycles. The highest BCUT2D eigenvalue weighted by Crippen LogP contribution is 2.22. The molecule has 1 aliphatic rings. The van der Waals surface area contributed by atoms with E-state index >= 15 is 0 Å². The Kier molecular flexibility index (Phi) is 5.07. The minimum absolute atomic E-state index is 0.501. The van der Waals surface area contributed by atoms with Gasteiger partial charge < -0.3 is 10.2 Å². The molecule has 19 heavy (non-hydrogen) atoms. The number of benzene rings is 1. The monoisotopic (exact) mass is 277 g/mol. The van der Waals surface area contributed by atoms with E-state index in [4.69, 9.17) is 16.9 Å². The maximum atomic E-state index is 8.86. The number of hydrogen-bond acceptors (Lipinski definition) is 3. The van der Waals surface area contributed by atoms with E-state index in [-0.39, 0.29) is 0 Å². The van der Waals surface area contributed by atoms with Crippen molar-refractivity contribution in [2.45, 2.75) is 32.2 Å². The van der Waals surface area contributed by atoms with Crippen molar-refractivity contribution in [3.63, 3.8) is 0 Å². The second-order valence-electron chi connectivity index (χ2n) is 5.01. The van der Waals surface area contributed by atoms with E-state index in [1.807, 2.05) is 12.1 Å². The third-order valence-corrected chi connectivity index (χ3v) is 4.04. The van der Waals surface area contributed by atoms with Crippen molar-refractivity contribution in [3.8, 4) is 6.07 Å². The van der Waals surface area contributed by atoms with E-state index in [0.29, 0.717) is 16.6 Å². The zero-order chi connectivity index (χ0) is 13.7. The summed E-state index contributed by atoms with van der Waals surface area (Å²) in [6.45, 7) is 5.70. The molecular weight excluding hydrogens is 258 g/mol. The van der Waals surface area contributed by atoms with Crippen molar-refractivity contribution in [1.29, 1.82) is 5.26 Å². The van der Waals surface area contributed by atoms with Gasteiger partial charge in [-0.1, -0.05) is 18.5 Å². The zero-order valence-corrected chi connectivity index (χ0v) is 12.1. The maximum absolute atomic E-state index is 8.86.